The zero-order valence-electron chi connectivity index (χ0n) is 12.1. The van der Waals surface area contributed by atoms with E-state index < -0.39 is 0 Å². The van der Waals surface area contributed by atoms with Gasteiger partial charge in [0.15, 0.2) is 5.82 Å². The van der Waals surface area contributed by atoms with Crippen LogP contribution in [-0.2, 0) is 20.8 Å². The molecule has 1 N–H and O–H groups in total. The third kappa shape index (κ3) is 3.99. The third-order valence-electron chi connectivity index (χ3n) is 3.08. The van der Waals surface area contributed by atoms with E-state index in [-0.39, 0.29) is 18.3 Å². The number of aromatic nitrogens is 2. The molecule has 0 aliphatic heterocycles. The number of H-pyrrole nitrogens is 1. The fourth-order valence-electron chi connectivity index (χ4n) is 2.02. The number of imidazole rings is 1. The van der Waals surface area contributed by atoms with Crippen LogP contribution in [0.25, 0.3) is 11.0 Å². The monoisotopic (exact) mass is 295 g/mol. The van der Waals surface area contributed by atoms with E-state index >= 15 is 0 Å². The standard InChI is InChI=1S/C14H18FN3O3/c1-20-7-6-18(9-13(19)21-2)8-12-16-11-5-3-4-10(15)14(11)17-12/h3-5H,6-9H2,1-2H3,(H,16,17). The van der Waals surface area contributed by atoms with Crippen LogP contribution >= 0.6 is 0 Å². The Kier molecular flexibility index (Phi) is 5.24. The Morgan fingerprint density at radius 2 is 2.24 bits per heavy atom. The van der Waals surface area contributed by atoms with E-state index in [0.717, 1.165) is 0 Å². The average Bonchev–Trinajstić information content (AvgIpc) is 2.88. The fourth-order valence-corrected chi connectivity index (χ4v) is 2.02. The molecule has 1 heterocycles. The van der Waals surface area contributed by atoms with E-state index in [1.54, 1.807) is 19.2 Å². The molecule has 0 spiro atoms. The molecule has 1 aromatic carbocycles. The first kappa shape index (κ1) is 15.4. The summed E-state index contributed by atoms with van der Waals surface area (Å²) < 4.78 is 23.3. The molecule has 0 saturated carbocycles. The number of benzene rings is 1. The topological polar surface area (TPSA) is 67.4 Å². The maximum absolute atomic E-state index is 13.6. The van der Waals surface area contributed by atoms with Gasteiger partial charge in [0.05, 0.1) is 32.3 Å². The molecule has 0 atom stereocenters. The molecular formula is C14H18FN3O3. The number of carbonyl (C=O) groups is 1. The predicted octanol–water partition coefficient (Wildman–Crippen LogP) is 1.32. The number of halogens is 1. The van der Waals surface area contributed by atoms with Crippen LogP contribution in [0.4, 0.5) is 4.39 Å². The SMILES string of the molecule is COCCN(CC(=O)OC)Cc1nc2c(F)cccc2[nH]1. The Morgan fingerprint density at radius 1 is 1.43 bits per heavy atom. The van der Waals surface area contributed by atoms with Gasteiger partial charge in [-0.1, -0.05) is 6.07 Å². The normalized spacial score (nSPS) is 11.2. The second-order valence-electron chi connectivity index (χ2n) is 4.60. The molecule has 2 aromatic rings. The molecule has 0 amide bonds. The van der Waals surface area contributed by atoms with Crippen molar-refractivity contribution in [3.63, 3.8) is 0 Å². The predicted molar refractivity (Wildman–Crippen MR) is 75.2 cm³/mol. The van der Waals surface area contributed by atoms with E-state index in [1.165, 1.54) is 13.2 Å². The molecule has 0 aliphatic rings. The Bertz CT molecular complexity index is 615. The average molecular weight is 295 g/mol. The fraction of sp³-hybridized carbons (Fsp3) is 0.429. The molecule has 0 bridgehead atoms. The van der Waals surface area contributed by atoms with Crippen molar-refractivity contribution in [1.82, 2.24) is 14.9 Å². The van der Waals surface area contributed by atoms with Gasteiger partial charge in [-0.05, 0) is 12.1 Å². The number of methoxy groups -OCH3 is 2. The summed E-state index contributed by atoms with van der Waals surface area (Å²) in [5.74, 6) is -0.116. The highest BCUT2D eigenvalue weighted by molar-refractivity contribution is 5.75. The van der Waals surface area contributed by atoms with E-state index in [4.69, 9.17) is 4.74 Å². The van der Waals surface area contributed by atoms with Crippen molar-refractivity contribution >= 4 is 17.0 Å². The van der Waals surface area contributed by atoms with Gasteiger partial charge in [-0.25, -0.2) is 9.37 Å². The van der Waals surface area contributed by atoms with Crippen molar-refractivity contribution in [1.29, 1.82) is 0 Å². The number of esters is 1. The third-order valence-corrected chi connectivity index (χ3v) is 3.08. The zero-order valence-corrected chi connectivity index (χ0v) is 12.1. The van der Waals surface area contributed by atoms with Gasteiger partial charge >= 0.3 is 5.97 Å². The maximum atomic E-state index is 13.6. The van der Waals surface area contributed by atoms with Crippen molar-refractivity contribution in [2.75, 3.05) is 33.9 Å². The molecule has 114 valence electrons. The van der Waals surface area contributed by atoms with Crippen molar-refractivity contribution in [3.8, 4) is 0 Å². The van der Waals surface area contributed by atoms with E-state index in [9.17, 15) is 9.18 Å². The Hall–Kier alpha value is -1.99. The summed E-state index contributed by atoms with van der Waals surface area (Å²) in [5, 5.41) is 0. The highest BCUT2D eigenvalue weighted by Crippen LogP contribution is 2.15. The lowest BCUT2D eigenvalue weighted by molar-refractivity contribution is -0.142. The number of carbonyl (C=O) groups excluding carboxylic acids is 1. The number of rotatable bonds is 7. The minimum absolute atomic E-state index is 0.124. The van der Waals surface area contributed by atoms with E-state index in [2.05, 4.69) is 14.7 Å². The highest BCUT2D eigenvalue weighted by Gasteiger charge is 2.14. The molecule has 0 saturated heterocycles. The maximum Gasteiger partial charge on any atom is 0.319 e. The second-order valence-corrected chi connectivity index (χ2v) is 4.60. The van der Waals surface area contributed by atoms with Crippen LogP contribution in [0.2, 0.25) is 0 Å². The molecule has 7 heteroatoms. The molecule has 0 aliphatic carbocycles. The number of nitrogens with one attached hydrogen (secondary N) is 1. The van der Waals surface area contributed by atoms with Crippen molar-refractivity contribution in [2.45, 2.75) is 6.54 Å². The minimum atomic E-state index is -0.369. The number of hydrogen-bond acceptors (Lipinski definition) is 5. The first-order chi connectivity index (χ1) is 10.1. The van der Waals surface area contributed by atoms with Gasteiger partial charge in [-0.15, -0.1) is 0 Å². The Morgan fingerprint density at radius 3 is 2.90 bits per heavy atom. The van der Waals surface area contributed by atoms with Crippen LogP contribution in [0.3, 0.4) is 0 Å². The number of para-hydroxylation sites is 1. The lowest BCUT2D eigenvalue weighted by atomic mass is 10.3. The number of nitrogens with zero attached hydrogens (tertiary/aromatic N) is 2. The number of fused-ring (bicyclic) bond motifs is 1. The van der Waals surface area contributed by atoms with Gasteiger partial charge in [-0.2, -0.15) is 0 Å². The molecule has 0 radical (unpaired) electrons. The van der Waals surface area contributed by atoms with Crippen molar-refractivity contribution < 1.29 is 18.7 Å². The van der Waals surface area contributed by atoms with Crippen LogP contribution in [0.1, 0.15) is 5.82 Å². The van der Waals surface area contributed by atoms with Crippen LogP contribution < -0.4 is 0 Å². The number of aromatic amines is 1. The van der Waals surface area contributed by atoms with Crippen LogP contribution in [0.15, 0.2) is 18.2 Å². The highest BCUT2D eigenvalue weighted by atomic mass is 19.1. The van der Waals surface area contributed by atoms with Crippen molar-refractivity contribution in [2.24, 2.45) is 0 Å². The molecule has 0 fully saturated rings. The molecular weight excluding hydrogens is 277 g/mol. The van der Waals surface area contributed by atoms with Gasteiger partial charge in [0, 0.05) is 13.7 Å². The zero-order chi connectivity index (χ0) is 15.2. The van der Waals surface area contributed by atoms with Crippen LogP contribution in [-0.4, -0.2) is 54.8 Å². The van der Waals surface area contributed by atoms with E-state index in [0.29, 0.717) is 36.6 Å². The second kappa shape index (κ2) is 7.14. The summed E-state index contributed by atoms with van der Waals surface area (Å²) in [5.41, 5.74) is 0.937. The summed E-state index contributed by atoms with van der Waals surface area (Å²) in [7, 11) is 2.93. The first-order valence-electron chi connectivity index (χ1n) is 6.55. The summed E-state index contributed by atoms with van der Waals surface area (Å²) in [6, 6.07) is 4.75. The summed E-state index contributed by atoms with van der Waals surface area (Å²) in [6.45, 7) is 1.53. The van der Waals surface area contributed by atoms with Crippen LogP contribution in [0.5, 0.6) is 0 Å². The van der Waals surface area contributed by atoms with E-state index in [1.807, 2.05) is 4.90 Å². The van der Waals surface area contributed by atoms with Gasteiger partial charge in [-0.3, -0.25) is 9.69 Å². The van der Waals surface area contributed by atoms with Crippen molar-refractivity contribution in [3.05, 3.63) is 29.8 Å². The van der Waals surface area contributed by atoms with Gasteiger partial charge in [0.2, 0.25) is 0 Å². The van der Waals surface area contributed by atoms with Gasteiger partial charge in [0.25, 0.3) is 0 Å². The summed E-state index contributed by atoms with van der Waals surface area (Å²) in [6.07, 6.45) is 0. The minimum Gasteiger partial charge on any atom is -0.468 e. The lowest BCUT2D eigenvalue weighted by Gasteiger charge is -2.19. The first-order valence-corrected chi connectivity index (χ1v) is 6.55. The number of hydrogen-bond donors (Lipinski definition) is 1. The molecule has 21 heavy (non-hydrogen) atoms. The smallest absolute Gasteiger partial charge is 0.319 e. The summed E-state index contributed by atoms with van der Waals surface area (Å²) >= 11 is 0. The molecule has 6 nitrogen and oxygen atoms in total. The van der Waals surface area contributed by atoms with Gasteiger partial charge in [0.1, 0.15) is 11.3 Å². The number of ether oxygens (including phenoxy) is 2. The Labute approximate surface area is 121 Å². The van der Waals surface area contributed by atoms with Gasteiger partial charge < -0.3 is 14.5 Å². The molecule has 2 rings (SSSR count). The lowest BCUT2D eigenvalue weighted by Crippen LogP contribution is -2.33. The van der Waals surface area contributed by atoms with Crippen LogP contribution in [0, 0.1) is 5.82 Å². The Balaban J connectivity index is 2.13. The largest absolute Gasteiger partial charge is 0.468 e. The quantitative estimate of drug-likeness (QED) is 0.780. The summed E-state index contributed by atoms with van der Waals surface area (Å²) in [4.78, 5) is 20.5. The molecule has 0 unspecified atom stereocenters. The molecule has 1 aromatic heterocycles.